The van der Waals surface area contributed by atoms with E-state index in [1.807, 2.05) is 18.2 Å². The lowest BCUT2D eigenvalue weighted by Crippen LogP contribution is -2.48. The van der Waals surface area contributed by atoms with Crippen LogP contribution >= 0.6 is 28.1 Å². The number of nitrogens with one attached hydrogen (secondary N) is 3. The smallest absolute Gasteiger partial charge is 0.269 e. The molecule has 2 aromatic carbocycles. The molecule has 0 spiro atoms. The highest BCUT2D eigenvalue weighted by Crippen LogP contribution is 2.24. The van der Waals surface area contributed by atoms with Crippen molar-refractivity contribution in [1.29, 1.82) is 0 Å². The number of carbonyl (C=O) groups excluding carboxylic acids is 2. The summed E-state index contributed by atoms with van der Waals surface area (Å²) in [7, 11) is 0. The third-order valence-corrected chi connectivity index (χ3v) is 5.67. The average molecular weight is 535 g/mol. The number of unbranched alkanes of at least 4 members (excludes halogenated alkanes) is 3. The van der Waals surface area contributed by atoms with E-state index in [0.29, 0.717) is 23.5 Å². The van der Waals surface area contributed by atoms with Crippen LogP contribution in [-0.4, -0.2) is 23.5 Å². The summed E-state index contributed by atoms with van der Waals surface area (Å²) < 4.78 is 6.56. The van der Waals surface area contributed by atoms with E-state index in [1.165, 1.54) is 0 Å². The molecular weight excluding hydrogens is 502 g/mol. The molecule has 0 unspecified atom stereocenters. The van der Waals surface area contributed by atoms with Crippen LogP contribution in [0.3, 0.4) is 0 Å². The summed E-state index contributed by atoms with van der Waals surface area (Å²) in [6.45, 7) is 9.02. The van der Waals surface area contributed by atoms with Gasteiger partial charge in [-0.1, -0.05) is 75.0 Å². The molecule has 0 bridgehead atoms. The van der Waals surface area contributed by atoms with Crippen molar-refractivity contribution in [2.24, 2.45) is 0 Å². The zero-order valence-electron chi connectivity index (χ0n) is 19.6. The van der Waals surface area contributed by atoms with Gasteiger partial charge >= 0.3 is 0 Å². The fourth-order valence-corrected chi connectivity index (χ4v) is 3.53. The number of halogens is 1. The first-order valence-electron chi connectivity index (χ1n) is 11.1. The van der Waals surface area contributed by atoms with Crippen molar-refractivity contribution in [3.63, 3.8) is 0 Å². The molecule has 33 heavy (non-hydrogen) atoms. The Hall–Kier alpha value is -2.45. The molecule has 0 radical (unpaired) electrons. The Morgan fingerprint density at radius 2 is 1.67 bits per heavy atom. The van der Waals surface area contributed by atoms with E-state index in [2.05, 4.69) is 59.8 Å². The molecule has 0 aromatic heterocycles. The number of ether oxygens (including phenoxy) is 1. The number of rotatable bonds is 8. The Bertz CT molecular complexity index is 972. The number of carbonyl (C=O) groups is 2. The highest BCUT2D eigenvalue weighted by atomic mass is 79.9. The van der Waals surface area contributed by atoms with Crippen molar-refractivity contribution in [2.45, 2.75) is 58.8 Å². The van der Waals surface area contributed by atoms with Gasteiger partial charge in [-0.3, -0.25) is 25.8 Å². The Balaban J connectivity index is 1.91. The number of hydrogen-bond donors (Lipinski definition) is 3. The maximum absolute atomic E-state index is 12.8. The number of hydrogen-bond acceptors (Lipinski definition) is 4. The highest BCUT2D eigenvalue weighted by Gasteiger charge is 2.16. The van der Waals surface area contributed by atoms with Crippen molar-refractivity contribution in [2.75, 3.05) is 6.61 Å². The van der Waals surface area contributed by atoms with Gasteiger partial charge in [0.25, 0.3) is 11.8 Å². The first-order valence-corrected chi connectivity index (χ1v) is 12.3. The summed E-state index contributed by atoms with van der Waals surface area (Å²) in [6, 6.07) is 12.6. The molecule has 6 nitrogen and oxygen atoms in total. The van der Waals surface area contributed by atoms with Crippen LogP contribution in [0.4, 0.5) is 0 Å². The Morgan fingerprint density at radius 3 is 2.30 bits per heavy atom. The van der Waals surface area contributed by atoms with Crippen LogP contribution in [0.25, 0.3) is 0 Å². The minimum Gasteiger partial charge on any atom is -0.493 e. The summed E-state index contributed by atoms with van der Waals surface area (Å²) in [6.07, 6.45) is 4.31. The molecule has 0 aliphatic heterocycles. The zero-order chi connectivity index (χ0) is 24.4. The first-order chi connectivity index (χ1) is 15.6. The van der Waals surface area contributed by atoms with Crippen LogP contribution in [0.15, 0.2) is 46.9 Å². The second-order valence-electron chi connectivity index (χ2n) is 8.74. The molecule has 0 saturated heterocycles. The molecule has 0 heterocycles. The summed E-state index contributed by atoms with van der Waals surface area (Å²) in [5.41, 5.74) is 7.05. The number of hydrazine groups is 1. The number of thiocarbonyl (C=S) groups is 1. The van der Waals surface area contributed by atoms with Gasteiger partial charge in [-0.2, -0.15) is 0 Å². The van der Waals surface area contributed by atoms with Gasteiger partial charge in [0, 0.05) is 10.0 Å². The molecule has 0 fully saturated rings. The van der Waals surface area contributed by atoms with E-state index < -0.39 is 5.91 Å². The van der Waals surface area contributed by atoms with E-state index in [1.54, 1.807) is 24.3 Å². The molecule has 0 aliphatic carbocycles. The molecule has 3 N–H and O–H groups in total. The fraction of sp³-hybridized carbons (Fsp3) is 0.400. The van der Waals surface area contributed by atoms with E-state index in [9.17, 15) is 9.59 Å². The largest absolute Gasteiger partial charge is 0.493 e. The summed E-state index contributed by atoms with van der Waals surface area (Å²) in [5.74, 6) is -0.301. The normalized spacial score (nSPS) is 10.9. The van der Waals surface area contributed by atoms with Gasteiger partial charge in [0.2, 0.25) is 0 Å². The Labute approximate surface area is 210 Å². The molecule has 8 heteroatoms. The van der Waals surface area contributed by atoms with Crippen LogP contribution in [0.2, 0.25) is 0 Å². The molecule has 2 aromatic rings. The Morgan fingerprint density at radius 1 is 0.970 bits per heavy atom. The van der Waals surface area contributed by atoms with Gasteiger partial charge < -0.3 is 4.74 Å². The summed E-state index contributed by atoms with van der Waals surface area (Å²) >= 11 is 8.55. The van der Waals surface area contributed by atoms with Crippen molar-refractivity contribution >= 4 is 45.1 Å². The van der Waals surface area contributed by atoms with Gasteiger partial charge in [0.1, 0.15) is 5.75 Å². The van der Waals surface area contributed by atoms with Crippen molar-refractivity contribution < 1.29 is 14.3 Å². The maximum atomic E-state index is 12.8. The van der Waals surface area contributed by atoms with Crippen molar-refractivity contribution in [3.8, 4) is 5.75 Å². The van der Waals surface area contributed by atoms with Gasteiger partial charge in [-0.25, -0.2) is 0 Å². The van der Waals surface area contributed by atoms with E-state index in [-0.39, 0.29) is 16.4 Å². The lowest BCUT2D eigenvalue weighted by Gasteiger charge is -2.19. The van der Waals surface area contributed by atoms with Crippen LogP contribution in [0, 0.1) is 0 Å². The Kier molecular flexibility index (Phi) is 10.3. The molecule has 0 aliphatic rings. The third kappa shape index (κ3) is 8.78. The molecule has 0 saturated carbocycles. The van der Waals surface area contributed by atoms with Crippen LogP contribution < -0.4 is 20.9 Å². The zero-order valence-corrected chi connectivity index (χ0v) is 22.0. The predicted octanol–water partition coefficient (Wildman–Crippen LogP) is 5.66. The standard InChI is InChI=1S/C25H32BrN3O3S/c1-5-6-7-8-15-32-21-14-13-19(26)16-20(21)23(31)27-24(33)29-28-22(30)17-9-11-18(12-10-17)25(2,3)4/h9-14,16H,5-8,15H2,1-4H3,(H,28,30)(H2,27,29,31,33). The molecule has 178 valence electrons. The average Bonchev–Trinajstić information content (AvgIpc) is 2.77. The minimum absolute atomic E-state index is 0.00358. The van der Waals surface area contributed by atoms with Crippen molar-refractivity contribution in [1.82, 2.24) is 16.2 Å². The van der Waals surface area contributed by atoms with E-state index >= 15 is 0 Å². The number of benzene rings is 2. The summed E-state index contributed by atoms with van der Waals surface area (Å²) in [4.78, 5) is 25.1. The van der Waals surface area contributed by atoms with Crippen LogP contribution in [0.1, 0.15) is 79.7 Å². The fourth-order valence-electron chi connectivity index (χ4n) is 3.03. The second kappa shape index (κ2) is 12.7. The predicted molar refractivity (Wildman–Crippen MR) is 140 cm³/mol. The topological polar surface area (TPSA) is 79.5 Å². The molecule has 0 atom stereocenters. The van der Waals surface area contributed by atoms with Crippen LogP contribution in [0.5, 0.6) is 5.75 Å². The van der Waals surface area contributed by atoms with Gasteiger partial charge in [0.15, 0.2) is 5.11 Å². The quantitative estimate of drug-likeness (QED) is 0.232. The minimum atomic E-state index is -0.430. The lowest BCUT2D eigenvalue weighted by atomic mass is 9.87. The molecular formula is C25H32BrN3O3S. The SMILES string of the molecule is CCCCCCOc1ccc(Br)cc1C(=O)NC(=S)NNC(=O)c1ccc(C(C)(C)C)cc1. The highest BCUT2D eigenvalue weighted by molar-refractivity contribution is 9.10. The van der Waals surface area contributed by atoms with E-state index in [0.717, 1.165) is 35.7 Å². The summed E-state index contributed by atoms with van der Waals surface area (Å²) in [5, 5.41) is 2.56. The van der Waals surface area contributed by atoms with Gasteiger partial charge in [-0.05, 0) is 59.9 Å². The maximum Gasteiger partial charge on any atom is 0.269 e. The third-order valence-electron chi connectivity index (χ3n) is 4.97. The lowest BCUT2D eigenvalue weighted by molar-refractivity contribution is 0.0933. The monoisotopic (exact) mass is 533 g/mol. The first kappa shape index (κ1) is 26.8. The molecule has 2 rings (SSSR count). The van der Waals surface area contributed by atoms with E-state index in [4.69, 9.17) is 17.0 Å². The molecule has 2 amide bonds. The van der Waals surface area contributed by atoms with Crippen LogP contribution in [-0.2, 0) is 5.41 Å². The second-order valence-corrected chi connectivity index (χ2v) is 10.1. The van der Waals surface area contributed by atoms with Crippen molar-refractivity contribution in [3.05, 3.63) is 63.6 Å². The van der Waals surface area contributed by atoms with Gasteiger partial charge in [-0.15, -0.1) is 0 Å². The number of amides is 2. The van der Waals surface area contributed by atoms with Gasteiger partial charge in [0.05, 0.1) is 12.2 Å².